The van der Waals surface area contributed by atoms with Crippen molar-refractivity contribution in [3.63, 3.8) is 0 Å². The van der Waals surface area contributed by atoms with E-state index in [-0.39, 0.29) is 0 Å². The second-order valence-corrected chi connectivity index (χ2v) is 8.12. The third kappa shape index (κ3) is 3.51. The van der Waals surface area contributed by atoms with Crippen LogP contribution >= 0.6 is 15.9 Å². The molecule has 4 aromatic carbocycles. The third-order valence-electron chi connectivity index (χ3n) is 5.29. The van der Waals surface area contributed by atoms with Gasteiger partial charge in [0.1, 0.15) is 0 Å². The topological polar surface area (TPSA) is 4.93 Å². The van der Waals surface area contributed by atoms with E-state index < -0.39 is 0 Å². The molecule has 2 heteroatoms. The van der Waals surface area contributed by atoms with E-state index in [1.54, 1.807) is 0 Å². The van der Waals surface area contributed by atoms with Gasteiger partial charge in [0.15, 0.2) is 0 Å². The molecule has 0 aliphatic rings. The van der Waals surface area contributed by atoms with Gasteiger partial charge in [-0.25, -0.2) is 0 Å². The maximum Gasteiger partial charge on any atom is 0.0613 e. The summed E-state index contributed by atoms with van der Waals surface area (Å²) in [5.74, 6) is 0. The first-order chi connectivity index (χ1) is 14.8. The highest BCUT2D eigenvalue weighted by molar-refractivity contribution is 9.10. The molecule has 0 amide bonds. The van der Waals surface area contributed by atoms with Gasteiger partial charge in [0.2, 0.25) is 0 Å². The second-order valence-electron chi connectivity index (χ2n) is 7.20. The van der Waals surface area contributed by atoms with E-state index in [4.69, 9.17) is 0 Å². The van der Waals surface area contributed by atoms with Crippen molar-refractivity contribution >= 4 is 39.0 Å². The summed E-state index contributed by atoms with van der Waals surface area (Å²) in [5.41, 5.74) is 7.18. The molecule has 1 heterocycles. The molecule has 0 N–H and O–H groups in total. The highest BCUT2D eigenvalue weighted by Crippen LogP contribution is 2.37. The zero-order chi connectivity index (χ0) is 20.3. The van der Waals surface area contributed by atoms with Gasteiger partial charge in [-0.1, -0.05) is 107 Å². The lowest BCUT2D eigenvalue weighted by molar-refractivity contribution is 1.13. The minimum atomic E-state index is 1.09. The summed E-state index contributed by atoms with van der Waals surface area (Å²) in [4.78, 5) is 0. The molecular weight excluding hydrogens is 430 g/mol. The minimum absolute atomic E-state index is 1.09. The summed E-state index contributed by atoms with van der Waals surface area (Å²) in [6.07, 6.45) is 4.43. The van der Waals surface area contributed by atoms with Crippen LogP contribution in [0.1, 0.15) is 11.1 Å². The molecular formula is C28H20BrN. The van der Waals surface area contributed by atoms with E-state index in [0.717, 1.165) is 10.2 Å². The van der Waals surface area contributed by atoms with Gasteiger partial charge in [0, 0.05) is 21.1 Å². The molecule has 0 aliphatic carbocycles. The maximum absolute atomic E-state index is 3.52. The largest absolute Gasteiger partial charge is 0.309 e. The van der Waals surface area contributed by atoms with Gasteiger partial charge >= 0.3 is 0 Å². The van der Waals surface area contributed by atoms with Crippen LogP contribution in [0, 0.1) is 0 Å². The number of nitrogens with zero attached hydrogens (tertiary/aromatic N) is 1. The minimum Gasteiger partial charge on any atom is -0.309 e. The fourth-order valence-electron chi connectivity index (χ4n) is 3.91. The summed E-state index contributed by atoms with van der Waals surface area (Å²) < 4.78 is 3.46. The smallest absolute Gasteiger partial charge is 0.0613 e. The lowest BCUT2D eigenvalue weighted by Crippen LogP contribution is -1.97. The SMILES string of the molecule is Brc1ccc(C=Cc2c(-c3ccccc3)n(-c3ccccc3)c3ccccc23)cc1. The standard InChI is InChI=1S/C28H20BrN/c29-23-18-15-21(16-19-23)17-20-26-25-13-7-8-14-27(25)30(24-11-5-2-6-12-24)28(26)22-9-3-1-4-10-22/h1-20H. The van der Waals surface area contributed by atoms with Crippen molar-refractivity contribution in [2.24, 2.45) is 0 Å². The first kappa shape index (κ1) is 18.7. The van der Waals surface area contributed by atoms with Gasteiger partial charge in [0.05, 0.1) is 11.2 Å². The highest BCUT2D eigenvalue weighted by Gasteiger charge is 2.17. The first-order valence-electron chi connectivity index (χ1n) is 9.99. The summed E-state index contributed by atoms with van der Waals surface area (Å²) in [6, 6.07) is 38.3. The lowest BCUT2D eigenvalue weighted by atomic mass is 10.0. The molecule has 0 saturated carbocycles. The number of para-hydroxylation sites is 2. The van der Waals surface area contributed by atoms with Crippen molar-refractivity contribution in [2.45, 2.75) is 0 Å². The molecule has 1 aromatic heterocycles. The summed E-state index contributed by atoms with van der Waals surface area (Å²) in [6.45, 7) is 0. The van der Waals surface area contributed by atoms with Crippen molar-refractivity contribution in [3.8, 4) is 16.9 Å². The van der Waals surface area contributed by atoms with Crippen LogP contribution in [0.5, 0.6) is 0 Å². The Hall–Kier alpha value is -3.36. The summed E-state index contributed by atoms with van der Waals surface area (Å²) in [7, 11) is 0. The third-order valence-corrected chi connectivity index (χ3v) is 5.82. The Labute approximate surface area is 185 Å². The van der Waals surface area contributed by atoms with Crippen LogP contribution < -0.4 is 0 Å². The van der Waals surface area contributed by atoms with Gasteiger partial charge in [-0.3, -0.25) is 0 Å². The van der Waals surface area contributed by atoms with Gasteiger partial charge in [-0.05, 0) is 41.5 Å². The number of halogens is 1. The maximum atomic E-state index is 3.52. The van der Waals surface area contributed by atoms with E-state index in [0.29, 0.717) is 0 Å². The fraction of sp³-hybridized carbons (Fsp3) is 0. The normalized spacial score (nSPS) is 11.4. The zero-order valence-corrected chi connectivity index (χ0v) is 18.0. The van der Waals surface area contributed by atoms with Crippen LogP contribution in [-0.4, -0.2) is 4.57 Å². The molecule has 0 atom stereocenters. The van der Waals surface area contributed by atoms with Crippen LogP contribution in [0.25, 0.3) is 40.0 Å². The van der Waals surface area contributed by atoms with Gasteiger partial charge in [-0.15, -0.1) is 0 Å². The number of hydrogen-bond donors (Lipinski definition) is 0. The Morgan fingerprint density at radius 2 is 1.23 bits per heavy atom. The van der Waals surface area contributed by atoms with Gasteiger partial charge < -0.3 is 4.57 Å². The summed E-state index contributed by atoms with van der Waals surface area (Å²) in [5, 5.41) is 1.24. The Morgan fingerprint density at radius 3 is 1.97 bits per heavy atom. The molecule has 30 heavy (non-hydrogen) atoms. The quantitative estimate of drug-likeness (QED) is 0.260. The zero-order valence-electron chi connectivity index (χ0n) is 16.4. The van der Waals surface area contributed by atoms with Crippen LogP contribution in [0.3, 0.4) is 0 Å². The molecule has 0 bridgehead atoms. The Kier molecular flexibility index (Phi) is 5.08. The van der Waals surface area contributed by atoms with E-state index in [1.165, 1.54) is 33.3 Å². The first-order valence-corrected chi connectivity index (χ1v) is 10.8. The molecule has 1 nitrogen and oxygen atoms in total. The van der Waals surface area contributed by atoms with E-state index in [9.17, 15) is 0 Å². The van der Waals surface area contributed by atoms with Crippen LogP contribution in [0.4, 0.5) is 0 Å². The monoisotopic (exact) mass is 449 g/mol. The van der Waals surface area contributed by atoms with Gasteiger partial charge in [0.25, 0.3) is 0 Å². The van der Waals surface area contributed by atoms with Crippen molar-refractivity contribution in [3.05, 3.63) is 125 Å². The van der Waals surface area contributed by atoms with Crippen LogP contribution in [-0.2, 0) is 0 Å². The second kappa shape index (κ2) is 8.17. The van der Waals surface area contributed by atoms with Crippen molar-refractivity contribution in [1.29, 1.82) is 0 Å². The average Bonchev–Trinajstić information content (AvgIpc) is 3.14. The van der Waals surface area contributed by atoms with Gasteiger partial charge in [-0.2, -0.15) is 0 Å². The molecule has 0 unspecified atom stereocenters. The van der Waals surface area contributed by atoms with Crippen LogP contribution in [0.15, 0.2) is 114 Å². The van der Waals surface area contributed by atoms with Crippen molar-refractivity contribution in [2.75, 3.05) is 0 Å². The molecule has 0 aliphatic heterocycles. The van der Waals surface area contributed by atoms with E-state index in [1.807, 2.05) is 0 Å². The average molecular weight is 450 g/mol. The van der Waals surface area contributed by atoms with E-state index >= 15 is 0 Å². The Morgan fingerprint density at radius 1 is 0.600 bits per heavy atom. The molecule has 0 fully saturated rings. The number of fused-ring (bicyclic) bond motifs is 1. The highest BCUT2D eigenvalue weighted by atomic mass is 79.9. The van der Waals surface area contributed by atoms with Crippen molar-refractivity contribution in [1.82, 2.24) is 4.57 Å². The fourth-order valence-corrected chi connectivity index (χ4v) is 4.18. The lowest BCUT2D eigenvalue weighted by Gasteiger charge is -2.12. The summed E-state index contributed by atoms with van der Waals surface area (Å²) >= 11 is 3.52. The molecule has 0 saturated heterocycles. The molecule has 0 radical (unpaired) electrons. The number of hydrogen-bond acceptors (Lipinski definition) is 0. The molecule has 0 spiro atoms. The number of benzene rings is 4. The number of aromatic nitrogens is 1. The van der Waals surface area contributed by atoms with E-state index in [2.05, 4.69) is 142 Å². The molecule has 144 valence electrons. The Bertz CT molecular complexity index is 1310. The van der Waals surface area contributed by atoms with Crippen LogP contribution in [0.2, 0.25) is 0 Å². The number of rotatable bonds is 4. The predicted octanol–water partition coefficient (Wildman–Crippen LogP) is 8.23. The Balaban J connectivity index is 1.80. The predicted molar refractivity (Wildman–Crippen MR) is 132 cm³/mol. The molecule has 5 rings (SSSR count). The van der Waals surface area contributed by atoms with Crippen molar-refractivity contribution < 1.29 is 0 Å². The molecule has 5 aromatic rings.